The quantitative estimate of drug-likeness (QED) is 0.422. The van der Waals surface area contributed by atoms with Crippen LogP contribution in [0.15, 0.2) is 24.3 Å². The Morgan fingerprint density at radius 2 is 2.03 bits per heavy atom. The van der Waals surface area contributed by atoms with Gasteiger partial charge >= 0.3 is 0 Å². The summed E-state index contributed by atoms with van der Waals surface area (Å²) < 4.78 is 0. The van der Waals surface area contributed by atoms with Crippen LogP contribution in [0.2, 0.25) is 0 Å². The number of piperazine rings is 1. The molecule has 0 radical (unpaired) electrons. The van der Waals surface area contributed by atoms with Gasteiger partial charge in [-0.2, -0.15) is 0 Å². The number of nitrogens with zero attached hydrogens (tertiary/aromatic N) is 5. The van der Waals surface area contributed by atoms with Crippen LogP contribution in [0.5, 0.6) is 0 Å². The molecule has 0 N–H and O–H groups in total. The van der Waals surface area contributed by atoms with Crippen LogP contribution in [-0.4, -0.2) is 51.9 Å². The topological polar surface area (TPSA) is 92.5 Å². The highest BCUT2D eigenvalue weighted by molar-refractivity contribution is 7.19. The summed E-state index contributed by atoms with van der Waals surface area (Å²) in [5.41, 5.74) is 1.71. The van der Waals surface area contributed by atoms with E-state index in [4.69, 9.17) is 9.97 Å². The number of non-ortho nitro benzene ring substituents is 1. The van der Waals surface area contributed by atoms with Crippen molar-refractivity contribution in [2.24, 2.45) is 5.92 Å². The predicted molar refractivity (Wildman–Crippen MR) is 129 cm³/mol. The number of aromatic nitrogens is 2. The Kier molecular flexibility index (Phi) is 5.74. The molecular formula is C24H27N5O3S. The van der Waals surface area contributed by atoms with Gasteiger partial charge in [-0.3, -0.25) is 14.9 Å². The minimum atomic E-state index is -0.470. The number of rotatable bonds is 4. The number of hydrogen-bond acceptors (Lipinski definition) is 7. The number of nitro benzene ring substituents is 1. The molecule has 2 aromatic heterocycles. The van der Waals surface area contributed by atoms with Crippen LogP contribution in [0, 0.1) is 16.0 Å². The fraction of sp³-hybridized carbons (Fsp3) is 0.458. The lowest BCUT2D eigenvalue weighted by molar-refractivity contribution is -0.384. The third-order valence-corrected chi connectivity index (χ3v) is 7.82. The summed E-state index contributed by atoms with van der Waals surface area (Å²) in [7, 11) is 0. The first-order chi connectivity index (χ1) is 15.9. The smallest absolute Gasteiger partial charge is 0.270 e. The molecule has 0 spiro atoms. The Hall–Kier alpha value is -3.07. The zero-order valence-corrected chi connectivity index (χ0v) is 19.7. The molecule has 1 aliphatic heterocycles. The molecule has 1 aromatic carbocycles. The maximum atomic E-state index is 13.0. The van der Waals surface area contributed by atoms with E-state index in [0.717, 1.165) is 35.7 Å². The summed E-state index contributed by atoms with van der Waals surface area (Å²) in [5.74, 6) is 2.41. The van der Waals surface area contributed by atoms with E-state index in [9.17, 15) is 14.9 Å². The second kappa shape index (κ2) is 8.70. The highest BCUT2D eigenvalue weighted by Crippen LogP contribution is 2.41. The molecule has 8 nitrogen and oxygen atoms in total. The number of carbonyl (C=O) groups is 1. The summed E-state index contributed by atoms with van der Waals surface area (Å²) in [6.45, 7) is 6.86. The van der Waals surface area contributed by atoms with Crippen molar-refractivity contribution >= 4 is 39.0 Å². The molecule has 1 aliphatic carbocycles. The maximum absolute atomic E-state index is 13.0. The van der Waals surface area contributed by atoms with Crippen molar-refractivity contribution < 1.29 is 9.72 Å². The average Bonchev–Trinajstić information content (AvgIpc) is 3.20. The van der Waals surface area contributed by atoms with Crippen LogP contribution >= 0.6 is 11.3 Å². The van der Waals surface area contributed by atoms with Crippen molar-refractivity contribution in [3.05, 3.63) is 56.2 Å². The van der Waals surface area contributed by atoms with E-state index in [2.05, 4.69) is 18.7 Å². The lowest BCUT2D eigenvalue weighted by Gasteiger charge is -2.36. The number of carbonyl (C=O) groups excluding carboxylic acids is 1. The molecule has 1 atom stereocenters. The van der Waals surface area contributed by atoms with Crippen molar-refractivity contribution in [2.75, 3.05) is 31.1 Å². The van der Waals surface area contributed by atoms with E-state index in [1.54, 1.807) is 17.0 Å². The van der Waals surface area contributed by atoms with Gasteiger partial charge in [0.05, 0.1) is 10.3 Å². The normalized spacial score (nSPS) is 18.4. The molecule has 1 saturated heterocycles. The Bertz CT molecular complexity index is 1230. The van der Waals surface area contributed by atoms with Crippen LogP contribution in [0.3, 0.4) is 0 Å². The Morgan fingerprint density at radius 1 is 1.24 bits per heavy atom. The van der Waals surface area contributed by atoms with E-state index in [-0.39, 0.29) is 11.6 Å². The molecule has 3 aromatic rings. The van der Waals surface area contributed by atoms with E-state index in [1.165, 1.54) is 34.4 Å². The first kappa shape index (κ1) is 21.8. The van der Waals surface area contributed by atoms with Gasteiger partial charge in [0.15, 0.2) is 0 Å². The Balaban J connectivity index is 1.40. The van der Waals surface area contributed by atoms with Gasteiger partial charge in [-0.05, 0) is 36.8 Å². The second-order valence-corrected chi connectivity index (χ2v) is 10.0. The van der Waals surface area contributed by atoms with Crippen molar-refractivity contribution in [3.63, 3.8) is 0 Å². The lowest BCUT2D eigenvalue weighted by atomic mass is 9.89. The number of thiophene rings is 1. The standard InChI is InChI=1S/C24H27N5O3S/c1-3-20-25-22(21-18-8-7-15(2)13-19(18)33-23(21)26-20)27-9-11-28(12-10-27)24(30)16-5-4-6-17(14-16)29(31)32/h4-6,14-15H,3,7-13H2,1-2H3/t15-/m0/s1. The molecule has 9 heteroatoms. The molecule has 1 fully saturated rings. The number of benzene rings is 1. The first-order valence-electron chi connectivity index (χ1n) is 11.5. The van der Waals surface area contributed by atoms with Gasteiger partial charge in [-0.25, -0.2) is 9.97 Å². The van der Waals surface area contributed by atoms with E-state index in [0.29, 0.717) is 37.7 Å². The zero-order chi connectivity index (χ0) is 23.1. The number of hydrogen-bond donors (Lipinski definition) is 0. The highest BCUT2D eigenvalue weighted by atomic mass is 32.1. The summed E-state index contributed by atoms with van der Waals surface area (Å²) in [5, 5.41) is 12.3. The van der Waals surface area contributed by atoms with Gasteiger partial charge in [0.2, 0.25) is 0 Å². The lowest BCUT2D eigenvalue weighted by Crippen LogP contribution is -2.49. The van der Waals surface area contributed by atoms with E-state index >= 15 is 0 Å². The fourth-order valence-corrected chi connectivity index (χ4v) is 6.21. The first-order valence-corrected chi connectivity index (χ1v) is 12.4. The Morgan fingerprint density at radius 3 is 2.76 bits per heavy atom. The van der Waals surface area contributed by atoms with Gasteiger partial charge < -0.3 is 9.80 Å². The second-order valence-electron chi connectivity index (χ2n) is 8.94. The average molecular weight is 466 g/mol. The molecule has 172 valence electrons. The minimum Gasteiger partial charge on any atom is -0.352 e. The van der Waals surface area contributed by atoms with Crippen molar-refractivity contribution in [3.8, 4) is 0 Å². The van der Waals surface area contributed by atoms with Crippen LogP contribution < -0.4 is 4.90 Å². The fourth-order valence-electron chi connectivity index (χ4n) is 4.81. The van der Waals surface area contributed by atoms with Gasteiger partial charge in [0.25, 0.3) is 11.6 Å². The number of fused-ring (bicyclic) bond motifs is 3. The summed E-state index contributed by atoms with van der Waals surface area (Å²) >= 11 is 1.82. The van der Waals surface area contributed by atoms with Gasteiger partial charge in [0, 0.05) is 55.2 Å². The van der Waals surface area contributed by atoms with Crippen LogP contribution in [0.25, 0.3) is 10.2 Å². The van der Waals surface area contributed by atoms with Crippen LogP contribution in [0.4, 0.5) is 11.5 Å². The van der Waals surface area contributed by atoms with E-state index < -0.39 is 4.92 Å². The SMILES string of the molecule is CCc1nc(N2CCN(C(=O)c3cccc([N+](=O)[O-])c3)CC2)c2c3c(sc2n1)C[C@@H](C)CC3. The van der Waals surface area contributed by atoms with Crippen LogP contribution in [0.1, 0.15) is 46.9 Å². The monoisotopic (exact) mass is 465 g/mol. The summed E-state index contributed by atoms with van der Waals surface area (Å²) in [4.78, 5) is 40.0. The molecule has 5 rings (SSSR count). The minimum absolute atomic E-state index is 0.0634. The van der Waals surface area contributed by atoms with Gasteiger partial charge in [-0.15, -0.1) is 11.3 Å². The van der Waals surface area contributed by atoms with Crippen molar-refractivity contribution in [1.82, 2.24) is 14.9 Å². The molecule has 1 amide bonds. The Labute approximate surface area is 196 Å². The highest BCUT2D eigenvalue weighted by Gasteiger charge is 2.29. The van der Waals surface area contributed by atoms with Crippen molar-refractivity contribution in [1.29, 1.82) is 0 Å². The maximum Gasteiger partial charge on any atom is 0.270 e. The third kappa shape index (κ3) is 4.06. The molecule has 33 heavy (non-hydrogen) atoms. The number of aryl methyl sites for hydroxylation is 2. The number of nitro groups is 1. The molecule has 0 bridgehead atoms. The molecule has 3 heterocycles. The molecular weight excluding hydrogens is 438 g/mol. The predicted octanol–water partition coefficient (Wildman–Crippen LogP) is 4.25. The molecule has 0 saturated carbocycles. The number of anilines is 1. The molecule has 2 aliphatic rings. The zero-order valence-electron chi connectivity index (χ0n) is 18.9. The van der Waals surface area contributed by atoms with Gasteiger partial charge in [0.1, 0.15) is 16.5 Å². The largest absolute Gasteiger partial charge is 0.352 e. The summed E-state index contributed by atoms with van der Waals surface area (Å²) in [6.07, 6.45) is 4.17. The van der Waals surface area contributed by atoms with Crippen molar-refractivity contribution in [2.45, 2.75) is 39.5 Å². The molecule has 0 unspecified atom stereocenters. The number of amides is 1. The summed E-state index contributed by atoms with van der Waals surface area (Å²) in [6, 6.07) is 5.96. The third-order valence-electron chi connectivity index (χ3n) is 6.67. The van der Waals surface area contributed by atoms with E-state index in [1.807, 2.05) is 11.3 Å². The van der Waals surface area contributed by atoms with Crippen LogP contribution in [-0.2, 0) is 19.3 Å². The van der Waals surface area contributed by atoms with Gasteiger partial charge in [-0.1, -0.05) is 19.9 Å².